The van der Waals surface area contributed by atoms with Crippen molar-refractivity contribution in [3.8, 4) is 124 Å². The van der Waals surface area contributed by atoms with Gasteiger partial charge in [-0.05, 0) is 122 Å². The zero-order valence-corrected chi connectivity index (χ0v) is 60.4. The van der Waals surface area contributed by atoms with E-state index in [1.54, 1.807) is 0 Å². The van der Waals surface area contributed by atoms with Crippen molar-refractivity contribution in [3.05, 3.63) is 388 Å². The highest BCUT2D eigenvalue weighted by Crippen LogP contribution is 2.47. The molecule has 22 rings (SSSR count). The number of rotatable bonds is 13. The number of nitrogens with zero attached hydrogens (tertiary/aromatic N) is 10. The molecule has 0 aliphatic heterocycles. The van der Waals surface area contributed by atoms with Gasteiger partial charge < -0.3 is 9.13 Å². The molecule has 0 fully saturated rings. The molecule has 0 bridgehead atoms. The third kappa shape index (κ3) is 10.6. The van der Waals surface area contributed by atoms with E-state index in [-0.39, 0.29) is 0 Å². The van der Waals surface area contributed by atoms with Gasteiger partial charge >= 0.3 is 0 Å². The molecule has 112 heavy (non-hydrogen) atoms. The van der Waals surface area contributed by atoms with Gasteiger partial charge in [0, 0.05) is 76.7 Å². The normalized spacial score (nSPS) is 11.8. The second-order valence-corrected chi connectivity index (χ2v) is 28.5. The molecular weight excluding hydrogens is 1370 g/mol. The van der Waals surface area contributed by atoms with Crippen molar-refractivity contribution < 1.29 is 0 Å². The van der Waals surface area contributed by atoms with E-state index in [1.807, 2.05) is 12.1 Å². The predicted molar refractivity (Wildman–Crippen MR) is 459 cm³/mol. The van der Waals surface area contributed by atoms with Crippen LogP contribution in [0.3, 0.4) is 0 Å². The Morgan fingerprint density at radius 3 is 0.938 bits per heavy atom. The molecule has 0 saturated heterocycles. The summed E-state index contributed by atoms with van der Waals surface area (Å²) in [5.74, 6) is 3.28. The summed E-state index contributed by atoms with van der Waals surface area (Å²) in [6, 6.07) is 138. The van der Waals surface area contributed by atoms with E-state index < -0.39 is 0 Å². The lowest BCUT2D eigenvalue weighted by molar-refractivity contribution is 0.953. The lowest BCUT2D eigenvalue weighted by Crippen LogP contribution is -2.07. The van der Waals surface area contributed by atoms with Gasteiger partial charge in [0.15, 0.2) is 23.3 Å². The minimum Gasteiger partial charge on any atom is -0.307 e. The smallest absolute Gasteiger partial charge is 0.238 e. The first-order chi connectivity index (χ1) is 55.6. The summed E-state index contributed by atoms with van der Waals surface area (Å²) in [5.41, 5.74) is 24.6. The second kappa shape index (κ2) is 26.3. The predicted octanol–water partition coefficient (Wildman–Crippen LogP) is 25.4. The van der Waals surface area contributed by atoms with Crippen LogP contribution in [0.25, 0.3) is 212 Å². The van der Waals surface area contributed by atoms with E-state index in [2.05, 4.69) is 394 Å². The largest absolute Gasteiger partial charge is 0.307 e. The van der Waals surface area contributed by atoms with Crippen LogP contribution >= 0.6 is 0 Å². The van der Waals surface area contributed by atoms with Crippen molar-refractivity contribution in [2.75, 3.05) is 0 Å². The maximum absolute atomic E-state index is 5.63. The molecule has 0 aliphatic rings. The molecule has 522 valence electrons. The van der Waals surface area contributed by atoms with E-state index in [0.29, 0.717) is 35.2 Å². The van der Waals surface area contributed by atoms with E-state index in [1.165, 1.54) is 5.39 Å². The van der Waals surface area contributed by atoms with Crippen LogP contribution in [0, 0.1) is 0 Å². The van der Waals surface area contributed by atoms with E-state index in [9.17, 15) is 0 Å². The first kappa shape index (κ1) is 64.0. The van der Waals surface area contributed by atoms with Gasteiger partial charge in [0.05, 0.1) is 44.1 Å². The summed E-state index contributed by atoms with van der Waals surface area (Å²) in [7, 11) is 0. The molecule has 16 aromatic carbocycles. The lowest BCUT2D eigenvalue weighted by atomic mass is 9.96. The average molecular weight is 1430 g/mol. The Morgan fingerprint density at radius 2 is 0.455 bits per heavy atom. The average Bonchev–Trinajstić information content (AvgIpc) is 1.55. The summed E-state index contributed by atoms with van der Waals surface area (Å²) in [6.45, 7) is 0. The molecule has 0 aliphatic carbocycles. The summed E-state index contributed by atoms with van der Waals surface area (Å²) in [6.07, 6.45) is 0. The minimum absolute atomic E-state index is 0.511. The van der Waals surface area contributed by atoms with E-state index >= 15 is 0 Å². The van der Waals surface area contributed by atoms with Gasteiger partial charge in [-0.25, -0.2) is 9.97 Å². The SMILES string of the molecule is c1ccc(-c2cccc(-c3nc(-c4cccc(-c5ccccc5)c4)nc(-n4c5ccccc5c5ccc6c7c(-c8ccc(-c9cccc(-c%10nc(-c%11ccccc%11-c%11ccccc%11)nc(-n%11c%12ccccc%12c%12ccc%13c%14ccccc%14n(-c%14ccccc%14)c%13c%12%11)n%10)c9)cc8)cccc7n(-c7ccccc7)c6c54)n3)c2)cc1. The Kier molecular flexibility index (Phi) is 15.0. The van der Waals surface area contributed by atoms with Crippen LogP contribution in [0.4, 0.5) is 0 Å². The van der Waals surface area contributed by atoms with Gasteiger partial charge in [-0.15, -0.1) is 0 Å². The number of para-hydroxylation sites is 5. The Hall–Kier alpha value is -15.3. The van der Waals surface area contributed by atoms with Crippen molar-refractivity contribution in [1.82, 2.24) is 48.2 Å². The molecule has 0 unspecified atom stereocenters. The topological polar surface area (TPSA) is 97.1 Å². The fourth-order valence-electron chi connectivity index (χ4n) is 17.0. The van der Waals surface area contributed by atoms with Crippen molar-refractivity contribution in [2.24, 2.45) is 0 Å². The van der Waals surface area contributed by atoms with Crippen molar-refractivity contribution >= 4 is 87.2 Å². The third-order valence-corrected chi connectivity index (χ3v) is 22.1. The second-order valence-electron chi connectivity index (χ2n) is 28.5. The molecule has 0 N–H and O–H groups in total. The maximum Gasteiger partial charge on any atom is 0.238 e. The van der Waals surface area contributed by atoms with Gasteiger partial charge in [0.2, 0.25) is 11.9 Å². The molecule has 10 heteroatoms. The molecule has 6 heterocycles. The Labute approximate surface area is 644 Å². The van der Waals surface area contributed by atoms with Crippen LogP contribution in [0.5, 0.6) is 0 Å². The number of fused-ring (bicyclic) bond motifs is 14. The van der Waals surface area contributed by atoms with Gasteiger partial charge in [-0.1, -0.05) is 322 Å². The van der Waals surface area contributed by atoms with E-state index in [4.69, 9.17) is 29.9 Å². The standard InChI is InChI=1S/C102H64N10/c1-6-28-65(29-7-1)70-34-24-37-73(62-70)97-103-98(74-38-25-35-71(63-74)66-30-8-2-9-31-66)106-101(105-97)112-90-52-23-20-47-82(90)85-60-61-87-92-79(49-27-53-91(92)110(96(87)95(85)112)77-42-14-5-15-43-77)69-56-54-67(55-57-69)72-36-26-39-75(64-72)99-104-100(86-48-17-16-44-78(86)68-32-10-3-11-33-68)108-102(107-99)111-89-51-22-19-46-81(89)84-59-58-83-80-45-18-21-50-88(80)109(93(83)94(84)111)76-40-12-4-13-41-76/h1-64H. The molecule has 0 amide bonds. The highest BCUT2D eigenvalue weighted by atomic mass is 15.2. The molecular formula is C102H64N10. The van der Waals surface area contributed by atoms with Crippen molar-refractivity contribution in [2.45, 2.75) is 0 Å². The Bertz CT molecular complexity index is 7370. The highest BCUT2D eigenvalue weighted by Gasteiger charge is 2.28. The fraction of sp³-hybridized carbons (Fsp3) is 0. The number of benzene rings is 16. The van der Waals surface area contributed by atoms with Crippen LogP contribution in [0.15, 0.2) is 388 Å². The molecule has 6 aromatic heterocycles. The van der Waals surface area contributed by atoms with Crippen molar-refractivity contribution in [3.63, 3.8) is 0 Å². The molecule has 0 radical (unpaired) electrons. The van der Waals surface area contributed by atoms with Gasteiger partial charge in [0.25, 0.3) is 0 Å². The lowest BCUT2D eigenvalue weighted by Gasteiger charge is -2.15. The number of hydrogen-bond acceptors (Lipinski definition) is 6. The number of aromatic nitrogens is 10. The van der Waals surface area contributed by atoms with Crippen LogP contribution < -0.4 is 0 Å². The quantitative estimate of drug-likeness (QED) is 0.114. The van der Waals surface area contributed by atoms with Gasteiger partial charge in [-0.3, -0.25) is 9.13 Å². The molecule has 22 aromatic rings. The summed E-state index contributed by atoms with van der Waals surface area (Å²) < 4.78 is 9.39. The van der Waals surface area contributed by atoms with Crippen LogP contribution in [0.1, 0.15) is 0 Å². The first-order valence-corrected chi connectivity index (χ1v) is 37.8. The maximum atomic E-state index is 5.63. The first-order valence-electron chi connectivity index (χ1n) is 37.8. The minimum atomic E-state index is 0.511. The zero-order valence-electron chi connectivity index (χ0n) is 60.4. The fourth-order valence-corrected chi connectivity index (χ4v) is 17.0. The van der Waals surface area contributed by atoms with Crippen LogP contribution in [0.2, 0.25) is 0 Å². The summed E-state index contributed by atoms with van der Waals surface area (Å²) >= 11 is 0. The third-order valence-electron chi connectivity index (χ3n) is 22.1. The monoisotopic (exact) mass is 1430 g/mol. The zero-order chi connectivity index (χ0) is 73.7. The highest BCUT2D eigenvalue weighted by molar-refractivity contribution is 6.27. The summed E-state index contributed by atoms with van der Waals surface area (Å²) in [5, 5.41) is 8.89. The van der Waals surface area contributed by atoms with E-state index in [0.717, 1.165) is 171 Å². The van der Waals surface area contributed by atoms with Crippen LogP contribution in [-0.2, 0) is 0 Å². The number of hydrogen-bond donors (Lipinski definition) is 0. The molecule has 0 spiro atoms. The van der Waals surface area contributed by atoms with Gasteiger partial charge in [0.1, 0.15) is 0 Å². The molecule has 10 nitrogen and oxygen atoms in total. The van der Waals surface area contributed by atoms with Crippen molar-refractivity contribution in [1.29, 1.82) is 0 Å². The Morgan fingerprint density at radius 1 is 0.161 bits per heavy atom. The molecule has 0 saturated carbocycles. The Balaban J connectivity index is 0.710. The summed E-state index contributed by atoms with van der Waals surface area (Å²) in [4.78, 5) is 33.3. The van der Waals surface area contributed by atoms with Gasteiger partial charge in [-0.2, -0.15) is 19.9 Å². The van der Waals surface area contributed by atoms with Crippen LogP contribution in [-0.4, -0.2) is 48.2 Å². The molecule has 0 atom stereocenters.